The highest BCUT2D eigenvalue weighted by Gasteiger charge is 2.34. The van der Waals surface area contributed by atoms with Gasteiger partial charge in [-0.15, -0.1) is 11.8 Å². The van der Waals surface area contributed by atoms with Gasteiger partial charge in [-0.3, -0.25) is 14.5 Å². The molecule has 1 saturated carbocycles. The largest absolute Gasteiger partial charge is 0.326 e. The molecule has 4 rings (SSSR count). The van der Waals surface area contributed by atoms with Crippen molar-refractivity contribution in [2.75, 3.05) is 16.0 Å². The van der Waals surface area contributed by atoms with Gasteiger partial charge >= 0.3 is 0 Å². The van der Waals surface area contributed by atoms with Crippen LogP contribution < -0.4 is 10.2 Å². The molecule has 1 saturated heterocycles. The van der Waals surface area contributed by atoms with Gasteiger partial charge < -0.3 is 5.32 Å². The summed E-state index contributed by atoms with van der Waals surface area (Å²) >= 11 is 1.64. The minimum atomic E-state index is -0.0315. The Kier molecular flexibility index (Phi) is 4.96. The van der Waals surface area contributed by atoms with E-state index in [1.807, 2.05) is 35.2 Å². The zero-order chi connectivity index (χ0) is 19.0. The number of hydrogen-bond donors (Lipinski definition) is 1. The molecule has 1 aliphatic heterocycles. The van der Waals surface area contributed by atoms with Crippen LogP contribution in [-0.4, -0.2) is 17.6 Å². The SMILES string of the molecule is Cc1ccc(N2C(=O)CS[C@H]2c2ccc(NC(=O)C3CCC3)cc2)cc1C. The van der Waals surface area contributed by atoms with E-state index < -0.39 is 0 Å². The van der Waals surface area contributed by atoms with Gasteiger partial charge in [-0.25, -0.2) is 0 Å². The second kappa shape index (κ2) is 7.39. The molecule has 27 heavy (non-hydrogen) atoms. The fraction of sp³-hybridized carbons (Fsp3) is 0.364. The summed E-state index contributed by atoms with van der Waals surface area (Å²) in [6.07, 6.45) is 3.14. The van der Waals surface area contributed by atoms with E-state index in [4.69, 9.17) is 0 Å². The molecule has 5 heteroatoms. The van der Waals surface area contributed by atoms with Crippen LogP contribution in [-0.2, 0) is 9.59 Å². The van der Waals surface area contributed by atoms with Gasteiger partial charge in [0.15, 0.2) is 0 Å². The zero-order valence-electron chi connectivity index (χ0n) is 15.7. The molecule has 0 aromatic heterocycles. The van der Waals surface area contributed by atoms with Crippen LogP contribution in [0.1, 0.15) is 41.3 Å². The van der Waals surface area contributed by atoms with Crippen molar-refractivity contribution in [3.05, 3.63) is 59.2 Å². The van der Waals surface area contributed by atoms with Gasteiger partial charge in [-0.05, 0) is 67.6 Å². The highest BCUT2D eigenvalue weighted by molar-refractivity contribution is 8.00. The van der Waals surface area contributed by atoms with Crippen LogP contribution in [0.25, 0.3) is 0 Å². The van der Waals surface area contributed by atoms with Crippen LogP contribution in [0.3, 0.4) is 0 Å². The number of rotatable bonds is 4. The highest BCUT2D eigenvalue weighted by Crippen LogP contribution is 2.42. The number of aryl methyl sites for hydroxylation is 2. The Balaban J connectivity index is 1.53. The maximum absolute atomic E-state index is 12.5. The number of carbonyl (C=O) groups is 2. The Morgan fingerprint density at radius 2 is 1.81 bits per heavy atom. The lowest BCUT2D eigenvalue weighted by atomic mass is 9.85. The molecular weight excluding hydrogens is 356 g/mol. The molecule has 1 aliphatic carbocycles. The molecule has 0 bridgehead atoms. The third kappa shape index (κ3) is 3.61. The number of carbonyl (C=O) groups excluding carboxylic acids is 2. The lowest BCUT2D eigenvalue weighted by molar-refractivity contribution is -0.122. The first-order valence-electron chi connectivity index (χ1n) is 9.44. The Hall–Kier alpha value is -2.27. The summed E-state index contributed by atoms with van der Waals surface area (Å²) in [4.78, 5) is 26.5. The Morgan fingerprint density at radius 1 is 1.07 bits per heavy atom. The van der Waals surface area contributed by atoms with Crippen molar-refractivity contribution < 1.29 is 9.59 Å². The van der Waals surface area contributed by atoms with E-state index in [9.17, 15) is 9.59 Å². The molecule has 1 atom stereocenters. The monoisotopic (exact) mass is 380 g/mol. The average molecular weight is 381 g/mol. The summed E-state index contributed by atoms with van der Waals surface area (Å²) in [5.41, 5.74) is 5.25. The number of thioether (sulfide) groups is 1. The van der Waals surface area contributed by atoms with Crippen molar-refractivity contribution >= 4 is 35.0 Å². The molecule has 2 fully saturated rings. The molecule has 0 radical (unpaired) electrons. The Bertz CT molecular complexity index is 874. The van der Waals surface area contributed by atoms with Crippen molar-refractivity contribution in [2.45, 2.75) is 38.5 Å². The van der Waals surface area contributed by atoms with Crippen molar-refractivity contribution in [2.24, 2.45) is 5.92 Å². The first kappa shape index (κ1) is 18.1. The van der Waals surface area contributed by atoms with E-state index in [0.29, 0.717) is 5.75 Å². The minimum Gasteiger partial charge on any atom is -0.326 e. The predicted octanol–water partition coefficient (Wildman–Crippen LogP) is 4.82. The number of benzene rings is 2. The molecule has 2 aromatic carbocycles. The molecule has 1 heterocycles. The molecule has 0 unspecified atom stereocenters. The van der Waals surface area contributed by atoms with Crippen molar-refractivity contribution in [1.29, 1.82) is 0 Å². The van der Waals surface area contributed by atoms with Gasteiger partial charge in [-0.1, -0.05) is 24.6 Å². The van der Waals surface area contributed by atoms with Gasteiger partial charge in [0, 0.05) is 17.3 Å². The predicted molar refractivity (Wildman–Crippen MR) is 111 cm³/mol. The van der Waals surface area contributed by atoms with Gasteiger partial charge in [-0.2, -0.15) is 0 Å². The summed E-state index contributed by atoms with van der Waals surface area (Å²) in [7, 11) is 0. The van der Waals surface area contributed by atoms with Crippen LogP contribution in [0.4, 0.5) is 11.4 Å². The van der Waals surface area contributed by atoms with Crippen molar-refractivity contribution in [3.63, 3.8) is 0 Å². The normalized spacial score (nSPS) is 19.9. The standard InChI is InChI=1S/C22H24N2O2S/c1-14-6-11-19(12-15(14)2)24-20(25)13-27-22(24)17-7-9-18(10-8-17)23-21(26)16-4-3-5-16/h6-12,16,22H,3-5,13H2,1-2H3,(H,23,26)/t22-/m0/s1. The quantitative estimate of drug-likeness (QED) is 0.827. The number of hydrogen-bond acceptors (Lipinski definition) is 3. The van der Waals surface area contributed by atoms with Gasteiger partial charge in [0.05, 0.1) is 5.75 Å². The topological polar surface area (TPSA) is 49.4 Å². The maximum atomic E-state index is 12.5. The van der Waals surface area contributed by atoms with E-state index in [2.05, 4.69) is 31.3 Å². The van der Waals surface area contributed by atoms with Crippen LogP contribution in [0.5, 0.6) is 0 Å². The molecule has 2 aliphatic rings. The van der Waals surface area contributed by atoms with E-state index in [0.717, 1.165) is 36.2 Å². The summed E-state index contributed by atoms with van der Waals surface area (Å²) < 4.78 is 0. The number of anilines is 2. The Morgan fingerprint density at radius 3 is 2.44 bits per heavy atom. The van der Waals surface area contributed by atoms with Gasteiger partial charge in [0.1, 0.15) is 5.37 Å². The summed E-state index contributed by atoms with van der Waals surface area (Å²) in [6, 6.07) is 14.1. The number of nitrogens with zero attached hydrogens (tertiary/aromatic N) is 1. The third-order valence-corrected chi connectivity index (χ3v) is 6.79. The number of amides is 2. The molecule has 0 spiro atoms. The highest BCUT2D eigenvalue weighted by atomic mass is 32.2. The van der Waals surface area contributed by atoms with E-state index in [1.165, 1.54) is 11.1 Å². The van der Waals surface area contributed by atoms with Crippen LogP contribution in [0.2, 0.25) is 0 Å². The minimum absolute atomic E-state index is 0.0315. The van der Waals surface area contributed by atoms with Crippen LogP contribution >= 0.6 is 11.8 Å². The smallest absolute Gasteiger partial charge is 0.238 e. The summed E-state index contributed by atoms with van der Waals surface area (Å²) in [5, 5.41) is 2.97. The van der Waals surface area contributed by atoms with Crippen LogP contribution in [0.15, 0.2) is 42.5 Å². The molecular formula is C22H24N2O2S. The lowest BCUT2D eigenvalue weighted by Gasteiger charge is -2.26. The van der Waals surface area contributed by atoms with E-state index in [1.54, 1.807) is 11.8 Å². The first-order valence-corrected chi connectivity index (χ1v) is 10.5. The molecule has 1 N–H and O–H groups in total. The van der Waals surface area contributed by atoms with Gasteiger partial charge in [0.25, 0.3) is 0 Å². The fourth-order valence-corrected chi connectivity index (χ4v) is 4.65. The molecule has 2 amide bonds. The molecule has 4 nitrogen and oxygen atoms in total. The zero-order valence-corrected chi connectivity index (χ0v) is 16.5. The summed E-state index contributed by atoms with van der Waals surface area (Å²) in [6.45, 7) is 4.15. The Labute approximate surface area is 164 Å². The van der Waals surface area contributed by atoms with E-state index >= 15 is 0 Å². The first-order chi connectivity index (χ1) is 13.0. The number of nitrogens with one attached hydrogen (secondary N) is 1. The lowest BCUT2D eigenvalue weighted by Crippen LogP contribution is -2.28. The average Bonchev–Trinajstić information content (AvgIpc) is 2.98. The molecule has 140 valence electrons. The second-order valence-corrected chi connectivity index (χ2v) is 8.50. The van der Waals surface area contributed by atoms with Crippen LogP contribution in [0, 0.1) is 19.8 Å². The van der Waals surface area contributed by atoms with Gasteiger partial charge in [0.2, 0.25) is 11.8 Å². The summed E-state index contributed by atoms with van der Waals surface area (Å²) in [5.74, 6) is 0.914. The maximum Gasteiger partial charge on any atom is 0.238 e. The third-order valence-electron chi connectivity index (χ3n) is 5.58. The molecule has 2 aromatic rings. The second-order valence-electron chi connectivity index (χ2n) is 7.43. The van der Waals surface area contributed by atoms with E-state index in [-0.39, 0.29) is 23.1 Å². The fourth-order valence-electron chi connectivity index (χ4n) is 3.47. The van der Waals surface area contributed by atoms with Crippen molar-refractivity contribution in [3.8, 4) is 0 Å². The van der Waals surface area contributed by atoms with Crippen molar-refractivity contribution in [1.82, 2.24) is 0 Å².